The Morgan fingerprint density at radius 1 is 1.14 bits per heavy atom. The second-order valence-corrected chi connectivity index (χ2v) is 6.39. The van der Waals surface area contributed by atoms with Crippen molar-refractivity contribution in [3.05, 3.63) is 93.8 Å². The predicted molar refractivity (Wildman–Crippen MR) is 111 cm³/mol. The van der Waals surface area contributed by atoms with Crippen molar-refractivity contribution in [2.45, 2.75) is 0 Å². The molecule has 1 N–H and O–H groups in total. The lowest BCUT2D eigenvalue weighted by molar-refractivity contribution is -0.128. The smallest absolute Gasteiger partial charge is 0.349 e. The molecule has 0 fully saturated rings. The standard InChI is InChI=1S/C22H16ClNO5/c1-2-11-24-21(26)18-12-15-6-9-17(13-19(15)29-22(18)27)28-20(25)10-5-14-3-7-16(23)8-4-14/h2-10,12-13H,1,11H2,(H,24,26)/b10-5+. The van der Waals surface area contributed by atoms with Gasteiger partial charge >= 0.3 is 11.6 Å². The molecule has 0 atom stereocenters. The number of fused-ring (bicyclic) bond motifs is 1. The van der Waals surface area contributed by atoms with Crippen LogP contribution in [0, 0.1) is 0 Å². The van der Waals surface area contributed by atoms with Crippen molar-refractivity contribution < 1.29 is 18.7 Å². The van der Waals surface area contributed by atoms with E-state index in [1.165, 1.54) is 24.3 Å². The molecule has 146 valence electrons. The molecular weight excluding hydrogens is 394 g/mol. The summed E-state index contributed by atoms with van der Waals surface area (Å²) in [6.45, 7) is 3.73. The first kappa shape index (κ1) is 20.1. The van der Waals surface area contributed by atoms with E-state index in [2.05, 4.69) is 11.9 Å². The Morgan fingerprint density at radius 2 is 1.90 bits per heavy atom. The predicted octanol–water partition coefficient (Wildman–Crippen LogP) is 3.98. The van der Waals surface area contributed by atoms with E-state index in [-0.39, 0.29) is 23.4 Å². The molecule has 0 saturated heterocycles. The van der Waals surface area contributed by atoms with Crippen molar-refractivity contribution in [1.29, 1.82) is 0 Å². The number of halogens is 1. The van der Waals surface area contributed by atoms with E-state index in [1.807, 2.05) is 0 Å². The van der Waals surface area contributed by atoms with Gasteiger partial charge in [-0.25, -0.2) is 9.59 Å². The van der Waals surface area contributed by atoms with Crippen LogP contribution < -0.4 is 15.7 Å². The Balaban J connectivity index is 1.76. The quantitative estimate of drug-likeness (QED) is 0.219. The van der Waals surface area contributed by atoms with Crippen molar-refractivity contribution >= 4 is 40.5 Å². The van der Waals surface area contributed by atoms with E-state index in [0.29, 0.717) is 10.4 Å². The number of carbonyl (C=O) groups is 2. The molecule has 0 aliphatic carbocycles. The van der Waals surface area contributed by atoms with Gasteiger partial charge in [0.1, 0.15) is 16.9 Å². The van der Waals surface area contributed by atoms with Crippen molar-refractivity contribution in [2.75, 3.05) is 6.54 Å². The molecule has 0 unspecified atom stereocenters. The molecule has 6 nitrogen and oxygen atoms in total. The van der Waals surface area contributed by atoms with Crippen LogP contribution in [0.1, 0.15) is 15.9 Å². The lowest BCUT2D eigenvalue weighted by Gasteiger charge is -2.05. The van der Waals surface area contributed by atoms with Gasteiger partial charge in [-0.05, 0) is 42.0 Å². The molecule has 29 heavy (non-hydrogen) atoms. The minimum atomic E-state index is -0.787. The van der Waals surface area contributed by atoms with Gasteiger partial charge in [0.05, 0.1) is 0 Å². The highest BCUT2D eigenvalue weighted by Crippen LogP contribution is 2.21. The van der Waals surface area contributed by atoms with Crippen molar-refractivity contribution in [2.24, 2.45) is 0 Å². The summed E-state index contributed by atoms with van der Waals surface area (Å²) in [6, 6.07) is 12.9. The Morgan fingerprint density at radius 3 is 2.62 bits per heavy atom. The van der Waals surface area contributed by atoms with E-state index < -0.39 is 17.5 Å². The number of ether oxygens (including phenoxy) is 1. The second-order valence-electron chi connectivity index (χ2n) is 5.95. The third kappa shape index (κ3) is 5.21. The number of hydrogen-bond acceptors (Lipinski definition) is 5. The number of carbonyl (C=O) groups excluding carboxylic acids is 2. The van der Waals surface area contributed by atoms with Gasteiger partial charge in [-0.1, -0.05) is 29.8 Å². The lowest BCUT2D eigenvalue weighted by atomic mass is 10.1. The first-order valence-corrected chi connectivity index (χ1v) is 8.96. The lowest BCUT2D eigenvalue weighted by Crippen LogP contribution is -2.28. The summed E-state index contributed by atoms with van der Waals surface area (Å²) >= 11 is 5.82. The van der Waals surface area contributed by atoms with Gasteiger partial charge in [-0.3, -0.25) is 4.79 Å². The van der Waals surface area contributed by atoms with Crippen LogP contribution in [0.25, 0.3) is 17.0 Å². The number of hydrogen-bond donors (Lipinski definition) is 1. The van der Waals surface area contributed by atoms with Crippen molar-refractivity contribution in [1.82, 2.24) is 5.32 Å². The fourth-order valence-electron chi connectivity index (χ4n) is 2.46. The van der Waals surface area contributed by atoms with Crippen LogP contribution in [0.3, 0.4) is 0 Å². The summed E-state index contributed by atoms with van der Waals surface area (Å²) in [5.74, 6) is -0.944. The molecule has 3 rings (SSSR count). The van der Waals surface area contributed by atoms with Gasteiger partial charge in [0.2, 0.25) is 0 Å². The molecule has 0 spiro atoms. The monoisotopic (exact) mass is 409 g/mol. The Bertz CT molecular complexity index is 1160. The topological polar surface area (TPSA) is 85.6 Å². The molecule has 0 aliphatic rings. The Kier molecular flexibility index (Phi) is 6.26. The summed E-state index contributed by atoms with van der Waals surface area (Å²) in [5.41, 5.74) is 0.0838. The summed E-state index contributed by atoms with van der Waals surface area (Å²) in [4.78, 5) is 36.1. The number of rotatable bonds is 6. The molecule has 7 heteroatoms. The van der Waals surface area contributed by atoms with E-state index in [1.54, 1.807) is 42.5 Å². The SMILES string of the molecule is C=CCNC(=O)c1cc2ccc(OC(=O)/C=C/c3ccc(Cl)cc3)cc2oc1=O. The van der Waals surface area contributed by atoms with Gasteiger partial charge in [0.15, 0.2) is 0 Å². The van der Waals surface area contributed by atoms with E-state index in [0.717, 1.165) is 5.56 Å². The molecule has 0 bridgehead atoms. The van der Waals surface area contributed by atoms with Crippen LogP contribution in [-0.4, -0.2) is 18.4 Å². The van der Waals surface area contributed by atoms with Crippen molar-refractivity contribution in [3.63, 3.8) is 0 Å². The number of benzene rings is 2. The van der Waals surface area contributed by atoms with Crippen LogP contribution in [0.5, 0.6) is 5.75 Å². The zero-order chi connectivity index (χ0) is 20.8. The first-order chi connectivity index (χ1) is 14.0. The van der Waals surface area contributed by atoms with Gasteiger partial charge in [-0.15, -0.1) is 6.58 Å². The molecule has 0 aliphatic heterocycles. The second kappa shape index (κ2) is 9.03. The van der Waals surface area contributed by atoms with Crippen molar-refractivity contribution in [3.8, 4) is 5.75 Å². The minimum Gasteiger partial charge on any atom is -0.423 e. The average molecular weight is 410 g/mol. The zero-order valence-electron chi connectivity index (χ0n) is 15.2. The molecule has 1 aromatic heterocycles. The fraction of sp³-hybridized carbons (Fsp3) is 0.0455. The van der Waals surface area contributed by atoms with Crippen LogP contribution in [-0.2, 0) is 4.79 Å². The fourth-order valence-corrected chi connectivity index (χ4v) is 2.59. The van der Waals surface area contributed by atoms with E-state index in [4.69, 9.17) is 20.8 Å². The zero-order valence-corrected chi connectivity index (χ0v) is 15.9. The summed E-state index contributed by atoms with van der Waals surface area (Å²) in [7, 11) is 0. The average Bonchev–Trinajstić information content (AvgIpc) is 2.71. The van der Waals surface area contributed by atoms with E-state index in [9.17, 15) is 14.4 Å². The summed E-state index contributed by atoms with van der Waals surface area (Å²) in [6.07, 6.45) is 4.37. The highest BCUT2D eigenvalue weighted by molar-refractivity contribution is 6.30. The van der Waals surface area contributed by atoms with Gasteiger partial charge < -0.3 is 14.5 Å². The van der Waals surface area contributed by atoms with Gasteiger partial charge in [-0.2, -0.15) is 0 Å². The molecule has 1 amide bonds. The maximum atomic E-state index is 12.1. The first-order valence-electron chi connectivity index (χ1n) is 8.59. The third-order valence-corrected chi connectivity index (χ3v) is 4.11. The van der Waals surface area contributed by atoms with Gasteiger partial charge in [0, 0.05) is 29.1 Å². The maximum Gasteiger partial charge on any atom is 0.349 e. The normalized spacial score (nSPS) is 10.8. The molecule has 3 aromatic rings. The number of nitrogens with one attached hydrogen (secondary N) is 1. The van der Waals surface area contributed by atoms with E-state index >= 15 is 0 Å². The molecule has 0 radical (unpaired) electrons. The molecule has 1 heterocycles. The van der Waals surface area contributed by atoms with Crippen LogP contribution in [0.4, 0.5) is 0 Å². The highest BCUT2D eigenvalue weighted by atomic mass is 35.5. The number of esters is 1. The molecule has 0 saturated carbocycles. The third-order valence-electron chi connectivity index (χ3n) is 3.86. The maximum absolute atomic E-state index is 12.1. The van der Waals surface area contributed by atoms with Crippen LogP contribution in [0.2, 0.25) is 5.02 Å². The minimum absolute atomic E-state index is 0.116. The number of amides is 1. The molecule has 2 aromatic carbocycles. The Hall–Kier alpha value is -3.64. The Labute approximate surface area is 171 Å². The highest BCUT2D eigenvalue weighted by Gasteiger charge is 2.13. The molecular formula is C22H16ClNO5. The summed E-state index contributed by atoms with van der Waals surface area (Å²) < 4.78 is 10.4. The summed E-state index contributed by atoms with van der Waals surface area (Å²) in [5, 5.41) is 3.64. The van der Waals surface area contributed by atoms with Gasteiger partial charge in [0.25, 0.3) is 5.91 Å². The van der Waals surface area contributed by atoms with Crippen LogP contribution >= 0.6 is 11.6 Å². The van der Waals surface area contributed by atoms with Crippen LogP contribution in [0.15, 0.2) is 76.5 Å². The largest absolute Gasteiger partial charge is 0.423 e.